The summed E-state index contributed by atoms with van der Waals surface area (Å²) in [7, 11) is 0. The second-order valence-electron chi connectivity index (χ2n) is 7.29. The third kappa shape index (κ3) is 3.75. The average Bonchev–Trinajstić information content (AvgIpc) is 2.99. The highest BCUT2D eigenvalue weighted by Gasteiger charge is 2.47. The number of likely N-dealkylation sites (tertiary alicyclic amines) is 1. The highest BCUT2D eigenvalue weighted by atomic mass is 35.5. The molecule has 2 aromatic carbocycles. The second kappa shape index (κ2) is 7.53. The fraction of sp³-hybridized carbons (Fsp3) is 0.333. The summed E-state index contributed by atoms with van der Waals surface area (Å²) in [6, 6.07) is 13.7. The van der Waals surface area contributed by atoms with E-state index in [1.54, 1.807) is 4.90 Å². The van der Waals surface area contributed by atoms with E-state index >= 15 is 0 Å². The first-order chi connectivity index (χ1) is 13.5. The van der Waals surface area contributed by atoms with Gasteiger partial charge >= 0.3 is 0 Å². The van der Waals surface area contributed by atoms with Gasteiger partial charge in [0.1, 0.15) is 11.4 Å². The van der Waals surface area contributed by atoms with E-state index in [0.29, 0.717) is 44.5 Å². The minimum Gasteiger partial charge on any atom is -0.338 e. The second-order valence-corrected chi connectivity index (χ2v) is 7.70. The minimum absolute atomic E-state index is 0.0334. The largest absolute Gasteiger partial charge is 0.338 e. The van der Waals surface area contributed by atoms with Crippen LogP contribution in [-0.4, -0.2) is 40.5 Å². The maximum Gasteiger partial charge on any atom is 0.253 e. The molecule has 2 saturated heterocycles. The van der Waals surface area contributed by atoms with Crippen molar-refractivity contribution in [1.29, 1.82) is 0 Å². The first kappa shape index (κ1) is 18.9. The molecular weight excluding hydrogens is 383 g/mol. The summed E-state index contributed by atoms with van der Waals surface area (Å²) >= 11 is 5.79. The van der Waals surface area contributed by atoms with E-state index in [9.17, 15) is 14.0 Å². The van der Waals surface area contributed by atoms with Crippen molar-refractivity contribution in [3.8, 4) is 0 Å². The standard InChI is InChI=1S/C21H20ClFN2O3/c22-17-12-16(6-7-18(17)23)20(27)24-10-8-21(9-11-24)13-19(26)25(28-21)14-15-4-2-1-3-5-15/h1-7,12H,8-11,13-14H2. The van der Waals surface area contributed by atoms with Gasteiger partial charge < -0.3 is 4.90 Å². The molecule has 0 N–H and O–H groups in total. The lowest BCUT2D eigenvalue weighted by molar-refractivity contribution is -0.213. The summed E-state index contributed by atoms with van der Waals surface area (Å²) in [5.41, 5.74) is 0.813. The molecule has 2 aliphatic heterocycles. The molecule has 5 nitrogen and oxygen atoms in total. The smallest absolute Gasteiger partial charge is 0.253 e. The van der Waals surface area contributed by atoms with E-state index in [2.05, 4.69) is 0 Å². The number of carbonyl (C=O) groups excluding carboxylic acids is 2. The Hall–Kier alpha value is -2.44. The van der Waals surface area contributed by atoms with Gasteiger partial charge in [0, 0.05) is 18.7 Å². The summed E-state index contributed by atoms with van der Waals surface area (Å²) in [6.45, 7) is 1.36. The van der Waals surface area contributed by atoms with Crippen molar-refractivity contribution in [2.75, 3.05) is 13.1 Å². The van der Waals surface area contributed by atoms with Crippen molar-refractivity contribution in [1.82, 2.24) is 9.96 Å². The SMILES string of the molecule is O=C(c1ccc(F)c(Cl)c1)N1CCC2(CC1)CC(=O)N(Cc1ccccc1)O2. The molecule has 0 radical (unpaired) electrons. The molecule has 2 aromatic rings. The predicted octanol–water partition coefficient (Wildman–Crippen LogP) is 3.82. The lowest BCUT2D eigenvalue weighted by Crippen LogP contribution is -2.47. The Labute approximate surface area is 167 Å². The number of hydrogen-bond donors (Lipinski definition) is 0. The average molecular weight is 403 g/mol. The van der Waals surface area contributed by atoms with E-state index in [1.807, 2.05) is 30.3 Å². The first-order valence-electron chi connectivity index (χ1n) is 9.24. The number of hydrogen-bond acceptors (Lipinski definition) is 3. The van der Waals surface area contributed by atoms with E-state index < -0.39 is 11.4 Å². The van der Waals surface area contributed by atoms with Crippen LogP contribution in [0.1, 0.15) is 35.2 Å². The Morgan fingerprint density at radius 3 is 2.54 bits per heavy atom. The van der Waals surface area contributed by atoms with Crippen LogP contribution in [-0.2, 0) is 16.2 Å². The van der Waals surface area contributed by atoms with Crippen molar-refractivity contribution in [2.24, 2.45) is 0 Å². The molecule has 0 unspecified atom stereocenters. The van der Waals surface area contributed by atoms with Crippen molar-refractivity contribution in [3.63, 3.8) is 0 Å². The van der Waals surface area contributed by atoms with E-state index in [1.165, 1.54) is 23.3 Å². The molecule has 2 heterocycles. The van der Waals surface area contributed by atoms with Crippen LogP contribution < -0.4 is 0 Å². The lowest BCUT2D eigenvalue weighted by Gasteiger charge is -2.37. The van der Waals surface area contributed by atoms with Gasteiger partial charge in [0.15, 0.2) is 0 Å². The van der Waals surface area contributed by atoms with Gasteiger partial charge in [0.2, 0.25) is 5.91 Å². The Bertz CT molecular complexity index is 898. The number of halogens is 2. The number of rotatable bonds is 3. The zero-order chi connectivity index (χ0) is 19.7. The van der Waals surface area contributed by atoms with Gasteiger partial charge in [-0.05, 0) is 36.6 Å². The Morgan fingerprint density at radius 2 is 1.86 bits per heavy atom. The van der Waals surface area contributed by atoms with Crippen molar-refractivity contribution < 1.29 is 18.8 Å². The zero-order valence-corrected chi connectivity index (χ0v) is 16.0. The Kier molecular flexibility index (Phi) is 5.08. The van der Waals surface area contributed by atoms with Gasteiger partial charge in [-0.1, -0.05) is 41.9 Å². The number of benzene rings is 2. The molecular formula is C21H20ClFN2O3. The maximum atomic E-state index is 13.3. The molecule has 0 saturated carbocycles. The summed E-state index contributed by atoms with van der Waals surface area (Å²) in [5, 5.41) is 1.37. The Morgan fingerprint density at radius 1 is 1.14 bits per heavy atom. The summed E-state index contributed by atoms with van der Waals surface area (Å²) in [4.78, 5) is 32.8. The van der Waals surface area contributed by atoms with Crippen molar-refractivity contribution >= 4 is 23.4 Å². The molecule has 4 rings (SSSR count). The molecule has 28 heavy (non-hydrogen) atoms. The molecule has 146 valence electrons. The fourth-order valence-electron chi connectivity index (χ4n) is 3.75. The van der Waals surface area contributed by atoms with E-state index in [4.69, 9.17) is 16.4 Å². The van der Waals surface area contributed by atoms with Crippen LogP contribution in [0.2, 0.25) is 5.02 Å². The number of piperidine rings is 1. The molecule has 0 atom stereocenters. The minimum atomic E-state index is -0.552. The van der Waals surface area contributed by atoms with Gasteiger partial charge in [-0.15, -0.1) is 0 Å². The molecule has 1 spiro atoms. The number of amides is 2. The lowest BCUT2D eigenvalue weighted by atomic mass is 9.88. The van der Waals surface area contributed by atoms with Gasteiger partial charge in [-0.3, -0.25) is 14.4 Å². The van der Waals surface area contributed by atoms with Crippen LogP contribution in [0, 0.1) is 5.82 Å². The van der Waals surface area contributed by atoms with Gasteiger partial charge in [-0.2, -0.15) is 0 Å². The maximum absolute atomic E-state index is 13.3. The van der Waals surface area contributed by atoms with Crippen LogP contribution in [0.4, 0.5) is 4.39 Å². The quantitative estimate of drug-likeness (QED) is 0.784. The van der Waals surface area contributed by atoms with Gasteiger partial charge in [0.25, 0.3) is 5.91 Å². The normalized spacial score (nSPS) is 18.7. The first-order valence-corrected chi connectivity index (χ1v) is 9.61. The van der Waals surface area contributed by atoms with E-state index in [0.717, 1.165) is 5.56 Å². The molecule has 2 amide bonds. The summed E-state index contributed by atoms with van der Waals surface area (Å²) < 4.78 is 13.3. The summed E-state index contributed by atoms with van der Waals surface area (Å²) in [6.07, 6.45) is 1.47. The highest BCUT2D eigenvalue weighted by Crippen LogP contribution is 2.37. The van der Waals surface area contributed by atoms with E-state index in [-0.39, 0.29) is 16.8 Å². The number of hydroxylamine groups is 2. The van der Waals surface area contributed by atoms with Crippen LogP contribution in [0.3, 0.4) is 0 Å². The summed E-state index contributed by atoms with van der Waals surface area (Å²) in [5.74, 6) is -0.775. The molecule has 2 fully saturated rings. The number of nitrogens with zero attached hydrogens (tertiary/aromatic N) is 2. The molecule has 0 aromatic heterocycles. The zero-order valence-electron chi connectivity index (χ0n) is 15.2. The van der Waals surface area contributed by atoms with Crippen LogP contribution >= 0.6 is 11.6 Å². The van der Waals surface area contributed by atoms with Crippen LogP contribution in [0.5, 0.6) is 0 Å². The molecule has 0 aliphatic carbocycles. The molecule has 0 bridgehead atoms. The van der Waals surface area contributed by atoms with Crippen LogP contribution in [0.15, 0.2) is 48.5 Å². The van der Waals surface area contributed by atoms with Crippen molar-refractivity contribution in [3.05, 3.63) is 70.5 Å². The number of carbonyl (C=O) groups is 2. The predicted molar refractivity (Wildman–Crippen MR) is 102 cm³/mol. The molecule has 7 heteroatoms. The monoisotopic (exact) mass is 402 g/mol. The molecule has 2 aliphatic rings. The van der Waals surface area contributed by atoms with Crippen LogP contribution in [0.25, 0.3) is 0 Å². The Balaban J connectivity index is 1.39. The topological polar surface area (TPSA) is 49.9 Å². The highest BCUT2D eigenvalue weighted by molar-refractivity contribution is 6.31. The third-order valence-electron chi connectivity index (χ3n) is 5.35. The van der Waals surface area contributed by atoms with Gasteiger partial charge in [0.05, 0.1) is 18.0 Å². The van der Waals surface area contributed by atoms with Gasteiger partial charge in [-0.25, -0.2) is 9.45 Å². The fourth-order valence-corrected chi connectivity index (χ4v) is 3.93. The third-order valence-corrected chi connectivity index (χ3v) is 5.64. The van der Waals surface area contributed by atoms with Crippen molar-refractivity contribution in [2.45, 2.75) is 31.4 Å².